The molecule has 1 aromatic rings. The van der Waals surface area contributed by atoms with Crippen molar-refractivity contribution < 1.29 is 27.5 Å². The number of amides is 1. The van der Waals surface area contributed by atoms with Crippen molar-refractivity contribution >= 4 is 21.9 Å². The molecule has 1 atom stereocenters. The van der Waals surface area contributed by atoms with Crippen molar-refractivity contribution in [3.8, 4) is 0 Å². The van der Waals surface area contributed by atoms with E-state index in [1.807, 2.05) is 0 Å². The number of carboxylic acid groups (broad SMARTS) is 1. The molecule has 1 aliphatic heterocycles. The Balaban J connectivity index is 2.24. The topological polar surface area (TPSA) is 117 Å². The number of nitrogens with one attached hydrogen (secondary N) is 1. The van der Waals surface area contributed by atoms with Crippen LogP contribution in [-0.2, 0) is 14.8 Å². The summed E-state index contributed by atoms with van der Waals surface area (Å²) in [5.74, 6) is -1.88. The molecule has 1 aliphatic rings. The Labute approximate surface area is 115 Å². The normalized spacial score (nSPS) is 19.2. The molecule has 1 fully saturated rings. The second kappa shape index (κ2) is 5.25. The number of likely N-dealkylation sites (tertiary alicyclic amines) is 1. The van der Waals surface area contributed by atoms with E-state index in [2.05, 4.69) is 4.72 Å². The molecule has 110 valence electrons. The predicted molar refractivity (Wildman–Crippen MR) is 66.6 cm³/mol. The lowest BCUT2D eigenvalue weighted by Gasteiger charge is -2.19. The molecule has 1 saturated heterocycles. The molecule has 0 aliphatic carbocycles. The number of carbonyl (C=O) groups excluding carboxylic acids is 1. The quantitative estimate of drug-likeness (QED) is 0.800. The summed E-state index contributed by atoms with van der Waals surface area (Å²) in [6.07, 6.45) is 0.967. The lowest BCUT2D eigenvalue weighted by molar-refractivity contribution is -0.141. The summed E-state index contributed by atoms with van der Waals surface area (Å²) in [4.78, 5) is 24.3. The van der Waals surface area contributed by atoms with Gasteiger partial charge >= 0.3 is 5.97 Å². The summed E-state index contributed by atoms with van der Waals surface area (Å²) < 4.78 is 30.1. The van der Waals surface area contributed by atoms with E-state index in [4.69, 9.17) is 9.52 Å². The van der Waals surface area contributed by atoms with Gasteiger partial charge in [-0.2, -0.15) is 0 Å². The van der Waals surface area contributed by atoms with Crippen LogP contribution in [0.2, 0.25) is 0 Å². The van der Waals surface area contributed by atoms with Crippen LogP contribution >= 0.6 is 0 Å². The van der Waals surface area contributed by atoms with Gasteiger partial charge < -0.3 is 14.4 Å². The van der Waals surface area contributed by atoms with Crippen molar-refractivity contribution in [3.63, 3.8) is 0 Å². The van der Waals surface area contributed by atoms with Gasteiger partial charge in [-0.3, -0.25) is 4.79 Å². The van der Waals surface area contributed by atoms with Gasteiger partial charge in [0.2, 0.25) is 5.09 Å². The minimum Gasteiger partial charge on any atom is -0.480 e. The van der Waals surface area contributed by atoms with E-state index in [0.717, 1.165) is 6.07 Å². The Morgan fingerprint density at radius 3 is 2.75 bits per heavy atom. The van der Waals surface area contributed by atoms with Gasteiger partial charge in [0, 0.05) is 6.54 Å². The molecular weight excluding hydrogens is 288 g/mol. The highest BCUT2D eigenvalue weighted by molar-refractivity contribution is 7.89. The summed E-state index contributed by atoms with van der Waals surface area (Å²) in [7, 11) is -2.55. The van der Waals surface area contributed by atoms with E-state index in [1.165, 1.54) is 18.0 Å². The summed E-state index contributed by atoms with van der Waals surface area (Å²) >= 11 is 0. The average molecular weight is 302 g/mol. The Morgan fingerprint density at radius 1 is 1.45 bits per heavy atom. The molecule has 8 nitrogen and oxygen atoms in total. The van der Waals surface area contributed by atoms with Crippen LogP contribution in [0.3, 0.4) is 0 Å². The Kier molecular flexibility index (Phi) is 3.82. The maximum Gasteiger partial charge on any atom is 0.326 e. The number of carbonyl (C=O) groups is 2. The molecule has 0 aromatic carbocycles. The molecule has 0 radical (unpaired) electrons. The zero-order chi connectivity index (χ0) is 14.9. The molecule has 1 unspecified atom stereocenters. The highest BCUT2D eigenvalue weighted by atomic mass is 32.2. The van der Waals surface area contributed by atoms with E-state index in [-0.39, 0.29) is 10.9 Å². The standard InChI is InChI=1S/C11H14N2O6S/c1-12-20(17,18)9-5-4-8(19-9)10(14)13-6-2-3-7(13)11(15)16/h4-5,7,12H,2-3,6H2,1H3,(H,15,16). The lowest BCUT2D eigenvalue weighted by Crippen LogP contribution is -2.40. The van der Waals surface area contributed by atoms with E-state index < -0.39 is 27.9 Å². The van der Waals surface area contributed by atoms with Crippen LogP contribution in [0.15, 0.2) is 21.6 Å². The fourth-order valence-corrected chi connectivity index (χ4v) is 2.74. The van der Waals surface area contributed by atoms with Crippen molar-refractivity contribution in [1.29, 1.82) is 0 Å². The number of hydrogen-bond donors (Lipinski definition) is 2. The minimum atomic E-state index is -3.77. The summed E-state index contributed by atoms with van der Waals surface area (Å²) in [5.41, 5.74) is 0. The highest BCUT2D eigenvalue weighted by Gasteiger charge is 2.36. The number of furan rings is 1. The van der Waals surface area contributed by atoms with Gasteiger partial charge in [-0.25, -0.2) is 17.9 Å². The van der Waals surface area contributed by atoms with Crippen molar-refractivity contribution in [2.24, 2.45) is 0 Å². The first kappa shape index (κ1) is 14.5. The van der Waals surface area contributed by atoms with E-state index in [0.29, 0.717) is 19.4 Å². The van der Waals surface area contributed by atoms with Gasteiger partial charge in [0.25, 0.3) is 15.9 Å². The van der Waals surface area contributed by atoms with E-state index in [9.17, 15) is 18.0 Å². The third-order valence-electron chi connectivity index (χ3n) is 3.12. The van der Waals surface area contributed by atoms with E-state index in [1.54, 1.807) is 0 Å². The molecule has 0 bridgehead atoms. The monoisotopic (exact) mass is 302 g/mol. The van der Waals surface area contributed by atoms with Crippen molar-refractivity contribution in [2.45, 2.75) is 24.0 Å². The Bertz CT molecular complexity index is 635. The fourth-order valence-electron chi connectivity index (χ4n) is 2.09. The van der Waals surface area contributed by atoms with Gasteiger partial charge in [-0.1, -0.05) is 0 Å². The van der Waals surface area contributed by atoms with Crippen LogP contribution < -0.4 is 4.72 Å². The Morgan fingerprint density at radius 2 is 2.15 bits per heavy atom. The summed E-state index contributed by atoms with van der Waals surface area (Å²) in [6.45, 7) is 0.310. The first-order chi connectivity index (χ1) is 9.36. The number of aliphatic carboxylic acids is 1. The molecule has 2 heterocycles. The van der Waals surface area contributed by atoms with Crippen molar-refractivity contribution in [2.75, 3.05) is 13.6 Å². The van der Waals surface area contributed by atoms with Gasteiger partial charge in [0.1, 0.15) is 6.04 Å². The van der Waals surface area contributed by atoms with Crippen molar-refractivity contribution in [3.05, 3.63) is 17.9 Å². The molecule has 1 amide bonds. The van der Waals surface area contributed by atoms with Gasteiger partial charge in [-0.15, -0.1) is 0 Å². The number of hydrogen-bond acceptors (Lipinski definition) is 5. The number of carboxylic acids is 1. The molecule has 2 rings (SSSR count). The van der Waals surface area contributed by atoms with Gasteiger partial charge in [-0.05, 0) is 32.0 Å². The molecule has 0 saturated carbocycles. The molecule has 1 aromatic heterocycles. The van der Waals surface area contributed by atoms with Crippen LogP contribution in [0.25, 0.3) is 0 Å². The lowest BCUT2D eigenvalue weighted by atomic mass is 10.2. The van der Waals surface area contributed by atoms with Gasteiger partial charge in [0.05, 0.1) is 0 Å². The van der Waals surface area contributed by atoms with E-state index >= 15 is 0 Å². The van der Waals surface area contributed by atoms with Crippen LogP contribution in [0.5, 0.6) is 0 Å². The largest absolute Gasteiger partial charge is 0.480 e. The van der Waals surface area contributed by atoms with Crippen molar-refractivity contribution in [1.82, 2.24) is 9.62 Å². The van der Waals surface area contributed by atoms with Crippen LogP contribution in [0, 0.1) is 0 Å². The minimum absolute atomic E-state index is 0.188. The third kappa shape index (κ3) is 2.54. The fraction of sp³-hybridized carbons (Fsp3) is 0.455. The van der Waals surface area contributed by atoms with Crippen LogP contribution in [0.4, 0.5) is 0 Å². The smallest absolute Gasteiger partial charge is 0.326 e. The maximum absolute atomic E-state index is 12.1. The zero-order valence-corrected chi connectivity index (χ0v) is 11.5. The maximum atomic E-state index is 12.1. The number of rotatable bonds is 4. The number of sulfonamides is 1. The second-order valence-electron chi connectivity index (χ2n) is 4.32. The number of nitrogens with zero attached hydrogens (tertiary/aromatic N) is 1. The summed E-state index contributed by atoms with van der Waals surface area (Å²) in [5, 5.41) is 8.64. The molecular formula is C11H14N2O6S. The van der Waals surface area contributed by atoms with Gasteiger partial charge in [0.15, 0.2) is 5.76 Å². The first-order valence-corrected chi connectivity index (χ1v) is 7.42. The second-order valence-corrected chi connectivity index (χ2v) is 6.14. The van der Waals surface area contributed by atoms with Crippen LogP contribution in [0.1, 0.15) is 23.4 Å². The summed E-state index contributed by atoms with van der Waals surface area (Å²) in [6, 6.07) is 1.49. The third-order valence-corrected chi connectivity index (χ3v) is 4.41. The zero-order valence-electron chi connectivity index (χ0n) is 10.7. The molecule has 0 spiro atoms. The first-order valence-electron chi connectivity index (χ1n) is 5.94. The molecule has 9 heteroatoms. The SMILES string of the molecule is CNS(=O)(=O)c1ccc(C(=O)N2CCCC2C(=O)O)o1. The molecule has 2 N–H and O–H groups in total. The Hall–Kier alpha value is -1.87. The average Bonchev–Trinajstić information content (AvgIpc) is 3.07. The predicted octanol–water partition coefficient (Wildman–Crippen LogP) is -0.123. The highest BCUT2D eigenvalue weighted by Crippen LogP contribution is 2.22. The van der Waals surface area contributed by atoms with Crippen LogP contribution in [-0.4, -0.2) is 49.9 Å². The molecule has 20 heavy (non-hydrogen) atoms.